The fourth-order valence-electron chi connectivity index (χ4n) is 4.62. The first-order valence-electron chi connectivity index (χ1n) is 11.4. The molecule has 1 aromatic heterocycles. The molecule has 2 heterocycles. The van der Waals surface area contributed by atoms with Gasteiger partial charge < -0.3 is 20.6 Å². The third kappa shape index (κ3) is 5.37. The summed E-state index contributed by atoms with van der Waals surface area (Å²) in [6.07, 6.45) is 3.67. The Hall–Kier alpha value is -2.95. The number of carbonyl (C=O) groups excluding carboxylic acids is 3. The van der Waals surface area contributed by atoms with E-state index < -0.39 is 23.3 Å². The third-order valence-electron chi connectivity index (χ3n) is 6.74. The number of halogens is 3. The normalized spacial score (nSPS) is 17.3. The SMILES string of the molecule is CC(=O)N1CCC2(CC1)C(=O)C(Br)=C2NC(Cc1ccc(NC(=O)c2c(Cl)cncc2Cl)cc1)C(=O)O. The van der Waals surface area contributed by atoms with Crippen molar-refractivity contribution in [3.05, 3.63) is 68.0 Å². The predicted molar refractivity (Wildman–Crippen MR) is 142 cm³/mol. The number of hydrogen-bond acceptors (Lipinski definition) is 6. The van der Waals surface area contributed by atoms with Crippen LogP contribution in [0.5, 0.6) is 0 Å². The second-order valence-electron chi connectivity index (χ2n) is 8.97. The maximum absolute atomic E-state index is 12.8. The Kier molecular flexibility index (Phi) is 7.91. The topological polar surface area (TPSA) is 129 Å². The van der Waals surface area contributed by atoms with Crippen molar-refractivity contribution >= 4 is 68.4 Å². The summed E-state index contributed by atoms with van der Waals surface area (Å²) in [5, 5.41) is 15.9. The van der Waals surface area contributed by atoms with Gasteiger partial charge in [-0.3, -0.25) is 19.4 Å². The number of piperidine rings is 1. The lowest BCUT2D eigenvalue weighted by Gasteiger charge is -2.48. The van der Waals surface area contributed by atoms with E-state index in [9.17, 15) is 24.3 Å². The average molecular weight is 610 g/mol. The zero-order valence-electron chi connectivity index (χ0n) is 19.7. The molecule has 1 spiro atoms. The van der Waals surface area contributed by atoms with Gasteiger partial charge in [0.15, 0.2) is 5.78 Å². The summed E-state index contributed by atoms with van der Waals surface area (Å²) >= 11 is 15.4. The molecule has 1 aliphatic carbocycles. The molecular formula is C25H23BrCl2N4O5. The number of nitrogens with zero attached hydrogens (tertiary/aromatic N) is 2. The molecule has 37 heavy (non-hydrogen) atoms. The number of carboxylic acid groups (broad SMARTS) is 1. The smallest absolute Gasteiger partial charge is 0.326 e. The Morgan fingerprint density at radius 1 is 1.14 bits per heavy atom. The molecule has 1 saturated heterocycles. The van der Waals surface area contributed by atoms with Crippen molar-refractivity contribution in [3.63, 3.8) is 0 Å². The Morgan fingerprint density at radius 3 is 2.27 bits per heavy atom. The molecule has 0 saturated carbocycles. The van der Waals surface area contributed by atoms with E-state index in [1.807, 2.05) is 0 Å². The van der Waals surface area contributed by atoms with Gasteiger partial charge in [0.2, 0.25) is 5.91 Å². The summed E-state index contributed by atoms with van der Waals surface area (Å²) < 4.78 is 0.349. The average Bonchev–Trinajstić information content (AvgIpc) is 2.86. The number of rotatable bonds is 7. The summed E-state index contributed by atoms with van der Waals surface area (Å²) in [5.41, 5.74) is 1.06. The molecule has 12 heteroatoms. The third-order valence-corrected chi connectivity index (χ3v) is 8.07. The summed E-state index contributed by atoms with van der Waals surface area (Å²) in [6.45, 7) is 2.37. The van der Waals surface area contributed by atoms with E-state index in [-0.39, 0.29) is 33.7 Å². The standard InChI is InChI=1S/C25H23BrCl2N4O5/c1-13(33)32-8-6-25(7-9-32)21(20(26)22(25)34)31-18(24(36)37)10-14-2-4-15(5-3-14)30-23(35)19-16(27)11-29-12-17(19)28/h2-5,11-12,18,31H,6-10H2,1H3,(H,30,35)(H,36,37). The van der Waals surface area contributed by atoms with Crippen LogP contribution >= 0.6 is 39.1 Å². The van der Waals surface area contributed by atoms with Crippen LogP contribution in [0, 0.1) is 5.41 Å². The summed E-state index contributed by atoms with van der Waals surface area (Å²) in [6, 6.07) is 5.72. The van der Waals surface area contributed by atoms with E-state index in [1.165, 1.54) is 19.3 Å². The fourth-order valence-corrected chi connectivity index (χ4v) is 6.03. The van der Waals surface area contributed by atoms with Gasteiger partial charge in [0, 0.05) is 50.2 Å². The molecular weight excluding hydrogens is 587 g/mol. The fraction of sp³-hybridized carbons (Fsp3) is 0.320. The molecule has 0 bridgehead atoms. The van der Waals surface area contributed by atoms with Crippen molar-refractivity contribution < 1.29 is 24.3 Å². The molecule has 1 atom stereocenters. The molecule has 1 aliphatic heterocycles. The monoisotopic (exact) mass is 608 g/mol. The van der Waals surface area contributed by atoms with Gasteiger partial charge in [-0.05, 0) is 46.5 Å². The van der Waals surface area contributed by atoms with Crippen LogP contribution in [-0.4, -0.2) is 57.7 Å². The zero-order chi connectivity index (χ0) is 26.9. The van der Waals surface area contributed by atoms with Crippen LogP contribution in [0.4, 0.5) is 5.69 Å². The number of nitrogens with one attached hydrogen (secondary N) is 2. The van der Waals surface area contributed by atoms with Crippen LogP contribution in [-0.2, 0) is 20.8 Å². The number of aliphatic carboxylic acids is 1. The zero-order valence-corrected chi connectivity index (χ0v) is 22.8. The van der Waals surface area contributed by atoms with Crippen molar-refractivity contribution in [1.29, 1.82) is 0 Å². The molecule has 1 unspecified atom stereocenters. The second kappa shape index (κ2) is 10.8. The maximum Gasteiger partial charge on any atom is 0.326 e. The molecule has 2 aliphatic rings. The van der Waals surface area contributed by atoms with E-state index in [1.54, 1.807) is 29.2 Å². The minimum absolute atomic E-state index is 0.0470. The lowest BCUT2D eigenvalue weighted by atomic mass is 9.64. The highest BCUT2D eigenvalue weighted by Gasteiger charge is 2.55. The lowest BCUT2D eigenvalue weighted by molar-refractivity contribution is -0.140. The van der Waals surface area contributed by atoms with Crippen LogP contribution < -0.4 is 10.6 Å². The van der Waals surface area contributed by atoms with Gasteiger partial charge >= 0.3 is 5.97 Å². The number of carbonyl (C=O) groups is 4. The van der Waals surface area contributed by atoms with E-state index in [0.29, 0.717) is 47.4 Å². The van der Waals surface area contributed by atoms with Crippen molar-refractivity contribution in [1.82, 2.24) is 15.2 Å². The Labute approximate surface area is 231 Å². The molecule has 3 N–H and O–H groups in total. The molecule has 2 aromatic rings. The van der Waals surface area contributed by atoms with Crippen LogP contribution in [0.2, 0.25) is 10.0 Å². The first kappa shape index (κ1) is 27.1. The number of hydrogen-bond donors (Lipinski definition) is 3. The first-order chi connectivity index (χ1) is 17.5. The number of ketones is 1. The number of benzene rings is 1. The highest BCUT2D eigenvalue weighted by Crippen LogP contribution is 2.51. The molecule has 0 radical (unpaired) electrons. The Balaban J connectivity index is 1.44. The predicted octanol–water partition coefficient (Wildman–Crippen LogP) is 4.04. The summed E-state index contributed by atoms with van der Waals surface area (Å²) in [7, 11) is 0. The number of aromatic nitrogens is 1. The van der Waals surface area contributed by atoms with Gasteiger partial charge in [-0.2, -0.15) is 0 Å². The van der Waals surface area contributed by atoms with Crippen molar-refractivity contribution in [2.45, 2.75) is 32.2 Å². The minimum atomic E-state index is -1.07. The van der Waals surface area contributed by atoms with E-state index in [4.69, 9.17) is 23.2 Å². The van der Waals surface area contributed by atoms with Crippen molar-refractivity contribution in [2.24, 2.45) is 5.41 Å². The van der Waals surface area contributed by atoms with Gasteiger partial charge in [0.05, 0.1) is 25.5 Å². The van der Waals surface area contributed by atoms with Gasteiger partial charge in [0.25, 0.3) is 5.91 Å². The molecule has 9 nitrogen and oxygen atoms in total. The number of pyridine rings is 1. The molecule has 1 fully saturated rings. The van der Waals surface area contributed by atoms with Crippen LogP contribution in [0.1, 0.15) is 35.7 Å². The van der Waals surface area contributed by atoms with Crippen LogP contribution in [0.15, 0.2) is 46.8 Å². The van der Waals surface area contributed by atoms with Crippen LogP contribution in [0.25, 0.3) is 0 Å². The van der Waals surface area contributed by atoms with E-state index in [0.717, 1.165) is 0 Å². The second-order valence-corrected chi connectivity index (χ2v) is 10.6. The van der Waals surface area contributed by atoms with Gasteiger partial charge in [0.1, 0.15) is 6.04 Å². The Morgan fingerprint density at radius 2 is 1.73 bits per heavy atom. The lowest BCUT2D eigenvalue weighted by Crippen LogP contribution is -2.57. The van der Waals surface area contributed by atoms with Crippen LogP contribution in [0.3, 0.4) is 0 Å². The van der Waals surface area contributed by atoms with Gasteiger partial charge in [-0.15, -0.1) is 0 Å². The molecule has 1 aromatic carbocycles. The minimum Gasteiger partial charge on any atom is -0.480 e. The van der Waals surface area contributed by atoms with E-state index >= 15 is 0 Å². The molecule has 4 rings (SSSR count). The van der Waals surface area contributed by atoms with E-state index in [2.05, 4.69) is 31.5 Å². The van der Waals surface area contributed by atoms with Gasteiger partial charge in [-0.1, -0.05) is 35.3 Å². The van der Waals surface area contributed by atoms with Gasteiger partial charge in [-0.25, -0.2) is 4.79 Å². The molecule has 2 amide bonds. The highest BCUT2D eigenvalue weighted by atomic mass is 79.9. The summed E-state index contributed by atoms with van der Waals surface area (Å²) in [5.74, 6) is -1.68. The Bertz CT molecular complexity index is 1290. The quantitative estimate of drug-likeness (QED) is 0.432. The molecule has 194 valence electrons. The number of Topliss-reactive ketones (excluding diaryl/α,β-unsaturated/α-hetero) is 1. The number of likely N-dealkylation sites (tertiary alicyclic amines) is 1. The first-order valence-corrected chi connectivity index (χ1v) is 13.0. The number of allylic oxidation sites excluding steroid dienone is 2. The van der Waals surface area contributed by atoms with Crippen molar-refractivity contribution in [2.75, 3.05) is 18.4 Å². The number of anilines is 1. The largest absolute Gasteiger partial charge is 0.480 e. The van der Waals surface area contributed by atoms with Crippen molar-refractivity contribution in [3.8, 4) is 0 Å². The highest BCUT2D eigenvalue weighted by molar-refractivity contribution is 9.12. The summed E-state index contributed by atoms with van der Waals surface area (Å²) in [4.78, 5) is 54.6. The maximum atomic E-state index is 12.8. The number of amides is 2. The number of carboxylic acids is 1.